The molecule has 1 aromatic carbocycles. The van der Waals surface area contributed by atoms with Gasteiger partial charge < -0.3 is 20.5 Å². The molecule has 2 atom stereocenters. The van der Waals surface area contributed by atoms with E-state index in [1.165, 1.54) is 0 Å². The standard InChI is InChI=1S/C13H17BrN2O3/c1-13(7-19-6-11(13)15)12(17)16-8-3-4-9(14)10(5-8)18-2/h3-5,11H,6-7,15H2,1-2H3,(H,16,17). The summed E-state index contributed by atoms with van der Waals surface area (Å²) in [5.41, 5.74) is 5.91. The van der Waals surface area contributed by atoms with Crippen LogP contribution < -0.4 is 15.8 Å². The minimum Gasteiger partial charge on any atom is -0.495 e. The first-order valence-electron chi connectivity index (χ1n) is 5.95. The Morgan fingerprint density at radius 3 is 2.95 bits per heavy atom. The van der Waals surface area contributed by atoms with Gasteiger partial charge in [-0.1, -0.05) is 0 Å². The molecule has 1 fully saturated rings. The molecule has 19 heavy (non-hydrogen) atoms. The first-order chi connectivity index (χ1) is 8.97. The van der Waals surface area contributed by atoms with Crippen LogP contribution in [0.1, 0.15) is 6.92 Å². The normalized spacial score (nSPS) is 26.2. The molecular formula is C13H17BrN2O3. The second-order valence-electron chi connectivity index (χ2n) is 4.84. The van der Waals surface area contributed by atoms with Crippen LogP contribution in [0.25, 0.3) is 0 Å². The largest absolute Gasteiger partial charge is 0.495 e. The number of benzene rings is 1. The van der Waals surface area contributed by atoms with Gasteiger partial charge >= 0.3 is 0 Å². The van der Waals surface area contributed by atoms with Gasteiger partial charge in [-0.2, -0.15) is 0 Å². The number of carbonyl (C=O) groups excluding carboxylic acids is 1. The van der Waals surface area contributed by atoms with Gasteiger partial charge in [-0.05, 0) is 35.0 Å². The maximum atomic E-state index is 12.3. The predicted octanol–water partition coefficient (Wildman–Crippen LogP) is 1.76. The van der Waals surface area contributed by atoms with E-state index in [1.807, 2.05) is 13.0 Å². The van der Waals surface area contributed by atoms with E-state index in [2.05, 4.69) is 21.2 Å². The Kier molecular flexibility index (Phi) is 4.13. The van der Waals surface area contributed by atoms with Crippen LogP contribution in [-0.2, 0) is 9.53 Å². The summed E-state index contributed by atoms with van der Waals surface area (Å²) in [5, 5.41) is 2.86. The quantitative estimate of drug-likeness (QED) is 0.886. The minimum absolute atomic E-state index is 0.137. The fraction of sp³-hybridized carbons (Fsp3) is 0.462. The SMILES string of the molecule is COc1cc(NC(=O)C2(C)COCC2N)ccc1Br. The van der Waals surface area contributed by atoms with E-state index in [0.717, 1.165) is 4.47 Å². The van der Waals surface area contributed by atoms with Crippen LogP contribution in [0.2, 0.25) is 0 Å². The molecule has 5 nitrogen and oxygen atoms in total. The zero-order valence-electron chi connectivity index (χ0n) is 10.9. The molecule has 0 bridgehead atoms. The molecule has 2 unspecified atom stereocenters. The van der Waals surface area contributed by atoms with Crippen molar-refractivity contribution in [1.82, 2.24) is 0 Å². The first-order valence-corrected chi connectivity index (χ1v) is 6.75. The molecule has 3 N–H and O–H groups in total. The zero-order chi connectivity index (χ0) is 14.0. The lowest BCUT2D eigenvalue weighted by Crippen LogP contribution is -2.47. The highest BCUT2D eigenvalue weighted by Crippen LogP contribution is 2.31. The second kappa shape index (κ2) is 5.48. The number of hydrogen-bond donors (Lipinski definition) is 2. The van der Waals surface area contributed by atoms with Crippen molar-refractivity contribution in [3.8, 4) is 5.75 Å². The van der Waals surface area contributed by atoms with Crippen LogP contribution in [-0.4, -0.2) is 32.3 Å². The van der Waals surface area contributed by atoms with Crippen LogP contribution in [0.5, 0.6) is 5.75 Å². The van der Waals surface area contributed by atoms with Crippen molar-refractivity contribution in [1.29, 1.82) is 0 Å². The summed E-state index contributed by atoms with van der Waals surface area (Å²) < 4.78 is 11.3. The summed E-state index contributed by atoms with van der Waals surface area (Å²) in [7, 11) is 1.58. The summed E-state index contributed by atoms with van der Waals surface area (Å²) in [6.07, 6.45) is 0. The van der Waals surface area contributed by atoms with Crippen LogP contribution in [0.15, 0.2) is 22.7 Å². The van der Waals surface area contributed by atoms with Gasteiger partial charge in [-0.15, -0.1) is 0 Å². The molecule has 0 spiro atoms. The van der Waals surface area contributed by atoms with Crippen LogP contribution in [0, 0.1) is 5.41 Å². The number of hydrogen-bond acceptors (Lipinski definition) is 4. The third kappa shape index (κ3) is 2.75. The van der Waals surface area contributed by atoms with E-state index in [9.17, 15) is 4.79 Å². The van der Waals surface area contributed by atoms with E-state index in [1.54, 1.807) is 19.2 Å². The van der Waals surface area contributed by atoms with E-state index in [4.69, 9.17) is 15.2 Å². The molecule has 2 rings (SSSR count). The Bertz CT molecular complexity index is 495. The van der Waals surface area contributed by atoms with E-state index < -0.39 is 5.41 Å². The molecule has 1 aliphatic rings. The number of carbonyl (C=O) groups is 1. The van der Waals surface area contributed by atoms with Gasteiger partial charge in [-0.25, -0.2) is 0 Å². The Morgan fingerprint density at radius 2 is 2.37 bits per heavy atom. The van der Waals surface area contributed by atoms with Crippen molar-refractivity contribution < 1.29 is 14.3 Å². The van der Waals surface area contributed by atoms with Crippen molar-refractivity contribution >= 4 is 27.5 Å². The van der Waals surface area contributed by atoms with Crippen molar-refractivity contribution in [3.05, 3.63) is 22.7 Å². The van der Waals surface area contributed by atoms with E-state index in [0.29, 0.717) is 24.7 Å². The van der Waals surface area contributed by atoms with Crippen molar-refractivity contribution in [2.45, 2.75) is 13.0 Å². The molecule has 1 aliphatic heterocycles. The summed E-state index contributed by atoms with van der Waals surface area (Å²) >= 11 is 3.37. The lowest BCUT2D eigenvalue weighted by Gasteiger charge is -2.25. The molecule has 6 heteroatoms. The first kappa shape index (κ1) is 14.3. The number of methoxy groups -OCH3 is 1. The molecule has 0 radical (unpaired) electrons. The fourth-order valence-corrected chi connectivity index (χ4v) is 2.34. The molecule has 1 saturated heterocycles. The minimum atomic E-state index is -0.694. The Morgan fingerprint density at radius 1 is 1.63 bits per heavy atom. The number of rotatable bonds is 3. The van der Waals surface area contributed by atoms with Gasteiger partial charge in [0.1, 0.15) is 5.75 Å². The van der Waals surface area contributed by atoms with Crippen LogP contribution >= 0.6 is 15.9 Å². The van der Waals surface area contributed by atoms with Crippen molar-refractivity contribution in [3.63, 3.8) is 0 Å². The van der Waals surface area contributed by atoms with E-state index in [-0.39, 0.29) is 11.9 Å². The molecule has 104 valence electrons. The van der Waals surface area contributed by atoms with Crippen LogP contribution in [0.3, 0.4) is 0 Å². The molecule has 0 saturated carbocycles. The lowest BCUT2D eigenvalue weighted by atomic mass is 9.85. The Balaban J connectivity index is 2.15. The number of amides is 1. The van der Waals surface area contributed by atoms with Crippen molar-refractivity contribution in [2.24, 2.45) is 11.1 Å². The lowest BCUT2D eigenvalue weighted by molar-refractivity contribution is -0.125. The molecule has 1 amide bonds. The van der Waals surface area contributed by atoms with Crippen LogP contribution in [0.4, 0.5) is 5.69 Å². The average molecular weight is 329 g/mol. The third-order valence-electron chi connectivity index (χ3n) is 3.45. The monoisotopic (exact) mass is 328 g/mol. The highest BCUT2D eigenvalue weighted by atomic mass is 79.9. The topological polar surface area (TPSA) is 73.6 Å². The van der Waals surface area contributed by atoms with Gasteiger partial charge in [-0.3, -0.25) is 4.79 Å². The van der Waals surface area contributed by atoms with Gasteiger partial charge in [0.05, 0.1) is 30.2 Å². The smallest absolute Gasteiger partial charge is 0.234 e. The zero-order valence-corrected chi connectivity index (χ0v) is 12.5. The highest BCUT2D eigenvalue weighted by molar-refractivity contribution is 9.10. The number of nitrogens with one attached hydrogen (secondary N) is 1. The van der Waals surface area contributed by atoms with Gasteiger partial charge in [0.25, 0.3) is 0 Å². The maximum absolute atomic E-state index is 12.3. The maximum Gasteiger partial charge on any atom is 0.234 e. The molecule has 1 aromatic rings. The van der Waals surface area contributed by atoms with E-state index >= 15 is 0 Å². The summed E-state index contributed by atoms with van der Waals surface area (Å²) in [6, 6.07) is 5.09. The Labute approximate surface area is 120 Å². The van der Waals surface area contributed by atoms with Gasteiger partial charge in [0.2, 0.25) is 5.91 Å². The van der Waals surface area contributed by atoms with Gasteiger partial charge in [0.15, 0.2) is 0 Å². The second-order valence-corrected chi connectivity index (χ2v) is 5.70. The third-order valence-corrected chi connectivity index (χ3v) is 4.10. The summed E-state index contributed by atoms with van der Waals surface area (Å²) in [6.45, 7) is 2.57. The number of nitrogens with two attached hydrogens (primary N) is 1. The Hall–Kier alpha value is -1.11. The summed E-state index contributed by atoms with van der Waals surface area (Å²) in [4.78, 5) is 12.3. The molecule has 0 aliphatic carbocycles. The number of ether oxygens (including phenoxy) is 2. The number of anilines is 1. The molecule has 0 aromatic heterocycles. The highest BCUT2D eigenvalue weighted by Gasteiger charge is 2.44. The van der Waals surface area contributed by atoms with Crippen molar-refractivity contribution in [2.75, 3.05) is 25.6 Å². The fourth-order valence-electron chi connectivity index (χ4n) is 1.93. The predicted molar refractivity (Wildman–Crippen MR) is 76.2 cm³/mol. The number of halogens is 1. The average Bonchev–Trinajstić information content (AvgIpc) is 2.73. The molecule has 1 heterocycles. The summed E-state index contributed by atoms with van der Waals surface area (Å²) in [5.74, 6) is 0.525. The van der Waals surface area contributed by atoms with Gasteiger partial charge in [0, 0.05) is 17.8 Å². The molecular weight excluding hydrogens is 312 g/mol.